The number of rotatable bonds is 6. The highest BCUT2D eigenvalue weighted by Crippen LogP contribution is 2.23. The normalized spacial score (nSPS) is 12.0. The lowest BCUT2D eigenvalue weighted by Crippen LogP contribution is -2.39. The number of carbonyl (C=O) groups is 3. The zero-order valence-electron chi connectivity index (χ0n) is 17.5. The van der Waals surface area contributed by atoms with Gasteiger partial charge in [0.15, 0.2) is 0 Å². The summed E-state index contributed by atoms with van der Waals surface area (Å²) in [5.74, 6) is -1.42. The quantitative estimate of drug-likeness (QED) is 0.730. The molecule has 2 aromatic carbocycles. The van der Waals surface area contributed by atoms with E-state index < -0.39 is 23.4 Å². The molecule has 0 aliphatic heterocycles. The SMILES string of the molecule is Cc1ccc(C)c(NC(=O)[C@H](OC(=O)CNC(=O)C(C)(C)C)c2ccccc2)c1. The van der Waals surface area contributed by atoms with Crippen molar-refractivity contribution in [2.75, 3.05) is 11.9 Å². The van der Waals surface area contributed by atoms with E-state index in [-0.39, 0.29) is 12.5 Å². The van der Waals surface area contributed by atoms with E-state index in [9.17, 15) is 14.4 Å². The van der Waals surface area contributed by atoms with Crippen molar-refractivity contribution in [1.82, 2.24) is 5.32 Å². The number of benzene rings is 2. The first-order valence-electron chi connectivity index (χ1n) is 9.49. The Balaban J connectivity index is 2.15. The molecule has 29 heavy (non-hydrogen) atoms. The zero-order valence-corrected chi connectivity index (χ0v) is 17.5. The fourth-order valence-corrected chi connectivity index (χ4v) is 2.56. The first kappa shape index (κ1) is 22.1. The lowest BCUT2D eigenvalue weighted by molar-refractivity contribution is -0.154. The smallest absolute Gasteiger partial charge is 0.326 e. The molecule has 0 spiro atoms. The number of esters is 1. The standard InChI is InChI=1S/C23H28N2O4/c1-15-11-12-16(2)18(13-15)25-21(27)20(17-9-7-6-8-10-17)29-19(26)14-24-22(28)23(3,4)5/h6-13,20H,14H2,1-5H3,(H,24,28)(H,25,27)/t20-/m1/s1. The molecule has 6 heteroatoms. The Morgan fingerprint density at radius 2 is 1.66 bits per heavy atom. The van der Waals surface area contributed by atoms with E-state index in [0.29, 0.717) is 11.3 Å². The van der Waals surface area contributed by atoms with Crippen LogP contribution in [0, 0.1) is 19.3 Å². The van der Waals surface area contributed by atoms with Gasteiger partial charge in [0.2, 0.25) is 12.0 Å². The van der Waals surface area contributed by atoms with E-state index in [4.69, 9.17) is 4.74 Å². The maximum Gasteiger partial charge on any atom is 0.326 e. The summed E-state index contributed by atoms with van der Waals surface area (Å²) in [5, 5.41) is 5.38. The minimum absolute atomic E-state index is 0.273. The summed E-state index contributed by atoms with van der Waals surface area (Å²) in [4.78, 5) is 37.2. The molecular weight excluding hydrogens is 368 g/mol. The molecule has 2 N–H and O–H groups in total. The molecule has 0 unspecified atom stereocenters. The summed E-state index contributed by atoms with van der Waals surface area (Å²) >= 11 is 0. The lowest BCUT2D eigenvalue weighted by atomic mass is 9.96. The molecule has 2 amide bonds. The third-order valence-electron chi connectivity index (χ3n) is 4.32. The molecule has 0 aliphatic carbocycles. The van der Waals surface area contributed by atoms with Crippen molar-refractivity contribution in [3.63, 3.8) is 0 Å². The van der Waals surface area contributed by atoms with E-state index in [1.807, 2.05) is 38.1 Å². The van der Waals surface area contributed by atoms with Gasteiger partial charge < -0.3 is 15.4 Å². The van der Waals surface area contributed by atoms with Gasteiger partial charge >= 0.3 is 5.97 Å². The minimum Gasteiger partial charge on any atom is -0.446 e. The van der Waals surface area contributed by atoms with E-state index in [1.54, 1.807) is 45.0 Å². The second-order valence-corrected chi connectivity index (χ2v) is 8.02. The van der Waals surface area contributed by atoms with Gasteiger partial charge in [0.05, 0.1) is 0 Å². The van der Waals surface area contributed by atoms with Crippen LogP contribution >= 0.6 is 0 Å². The number of hydrogen-bond acceptors (Lipinski definition) is 4. The van der Waals surface area contributed by atoms with Crippen LogP contribution in [0.1, 0.15) is 43.6 Å². The van der Waals surface area contributed by atoms with Gasteiger partial charge in [-0.25, -0.2) is 0 Å². The molecule has 0 bridgehead atoms. The molecule has 154 valence electrons. The second-order valence-electron chi connectivity index (χ2n) is 8.02. The predicted molar refractivity (Wildman–Crippen MR) is 112 cm³/mol. The Morgan fingerprint density at radius 3 is 2.28 bits per heavy atom. The monoisotopic (exact) mass is 396 g/mol. The van der Waals surface area contributed by atoms with Gasteiger partial charge in [0, 0.05) is 16.7 Å². The molecule has 1 atom stereocenters. The van der Waals surface area contributed by atoms with Crippen molar-refractivity contribution in [3.8, 4) is 0 Å². The average Bonchev–Trinajstić information content (AvgIpc) is 2.66. The highest BCUT2D eigenvalue weighted by atomic mass is 16.5. The van der Waals surface area contributed by atoms with Crippen molar-refractivity contribution in [2.24, 2.45) is 5.41 Å². The molecule has 0 fully saturated rings. The van der Waals surface area contributed by atoms with Crippen LogP contribution in [0.15, 0.2) is 48.5 Å². The maximum absolute atomic E-state index is 12.9. The number of anilines is 1. The first-order chi connectivity index (χ1) is 13.6. The van der Waals surface area contributed by atoms with Crippen LogP contribution in [-0.4, -0.2) is 24.3 Å². The Kier molecular flexibility index (Phi) is 7.15. The van der Waals surface area contributed by atoms with Crippen molar-refractivity contribution >= 4 is 23.5 Å². The summed E-state index contributed by atoms with van der Waals surface area (Å²) in [6, 6.07) is 14.5. The predicted octanol–water partition coefficient (Wildman–Crippen LogP) is 3.69. The molecule has 0 aromatic heterocycles. The molecule has 6 nitrogen and oxygen atoms in total. The summed E-state index contributed by atoms with van der Waals surface area (Å²) in [5.41, 5.74) is 2.49. The van der Waals surface area contributed by atoms with Gasteiger partial charge in [-0.1, -0.05) is 63.2 Å². The van der Waals surface area contributed by atoms with Crippen molar-refractivity contribution < 1.29 is 19.1 Å². The highest BCUT2D eigenvalue weighted by Gasteiger charge is 2.27. The number of ether oxygens (including phenoxy) is 1. The summed E-state index contributed by atoms with van der Waals surface area (Å²) in [7, 11) is 0. The molecule has 0 saturated heterocycles. The van der Waals surface area contributed by atoms with Crippen LogP contribution in [0.25, 0.3) is 0 Å². The van der Waals surface area contributed by atoms with Gasteiger partial charge in [0.25, 0.3) is 5.91 Å². The van der Waals surface area contributed by atoms with Crippen molar-refractivity contribution in [3.05, 3.63) is 65.2 Å². The number of carbonyl (C=O) groups excluding carboxylic acids is 3. The lowest BCUT2D eigenvalue weighted by Gasteiger charge is -2.20. The van der Waals surface area contributed by atoms with Crippen LogP contribution in [-0.2, 0) is 19.1 Å². The Morgan fingerprint density at radius 1 is 1.00 bits per heavy atom. The third-order valence-corrected chi connectivity index (χ3v) is 4.32. The van der Waals surface area contributed by atoms with E-state index >= 15 is 0 Å². The molecule has 2 aromatic rings. The fourth-order valence-electron chi connectivity index (χ4n) is 2.56. The molecule has 0 radical (unpaired) electrons. The summed E-state index contributed by atoms with van der Waals surface area (Å²) in [6.07, 6.45) is -1.13. The molecule has 0 heterocycles. The van der Waals surface area contributed by atoms with Gasteiger partial charge in [-0.2, -0.15) is 0 Å². The number of aryl methyl sites for hydroxylation is 2. The maximum atomic E-state index is 12.9. The van der Waals surface area contributed by atoms with Crippen LogP contribution in [0.5, 0.6) is 0 Å². The van der Waals surface area contributed by atoms with Gasteiger partial charge in [-0.15, -0.1) is 0 Å². The van der Waals surface area contributed by atoms with Gasteiger partial charge in [0.1, 0.15) is 6.54 Å². The Labute approximate surface area is 171 Å². The van der Waals surface area contributed by atoms with Crippen molar-refractivity contribution in [2.45, 2.75) is 40.7 Å². The molecule has 0 aliphatic rings. The zero-order chi connectivity index (χ0) is 21.6. The molecule has 0 saturated carbocycles. The minimum atomic E-state index is -1.13. The summed E-state index contributed by atoms with van der Waals surface area (Å²) in [6.45, 7) is 8.76. The van der Waals surface area contributed by atoms with Crippen LogP contribution in [0.4, 0.5) is 5.69 Å². The van der Waals surface area contributed by atoms with E-state index in [0.717, 1.165) is 11.1 Å². The summed E-state index contributed by atoms with van der Waals surface area (Å²) < 4.78 is 5.44. The largest absolute Gasteiger partial charge is 0.446 e. The topological polar surface area (TPSA) is 84.5 Å². The van der Waals surface area contributed by atoms with Gasteiger partial charge in [-0.05, 0) is 31.0 Å². The number of amides is 2. The van der Waals surface area contributed by atoms with Gasteiger partial charge in [-0.3, -0.25) is 14.4 Å². The number of nitrogens with one attached hydrogen (secondary N) is 2. The second kappa shape index (κ2) is 9.37. The molecule has 2 rings (SSSR count). The Bertz CT molecular complexity index is 885. The van der Waals surface area contributed by atoms with Crippen LogP contribution < -0.4 is 10.6 Å². The number of hydrogen-bond donors (Lipinski definition) is 2. The van der Waals surface area contributed by atoms with Crippen LogP contribution in [0.3, 0.4) is 0 Å². The van der Waals surface area contributed by atoms with Crippen LogP contribution in [0.2, 0.25) is 0 Å². The molecular formula is C23H28N2O4. The Hall–Kier alpha value is -3.15. The van der Waals surface area contributed by atoms with E-state index in [2.05, 4.69) is 10.6 Å². The highest BCUT2D eigenvalue weighted by molar-refractivity contribution is 5.97. The first-order valence-corrected chi connectivity index (χ1v) is 9.49. The third kappa shape index (κ3) is 6.45. The van der Waals surface area contributed by atoms with Crippen molar-refractivity contribution in [1.29, 1.82) is 0 Å². The average molecular weight is 396 g/mol. The fraction of sp³-hybridized carbons (Fsp3) is 0.348. The van der Waals surface area contributed by atoms with E-state index in [1.165, 1.54) is 0 Å².